The summed E-state index contributed by atoms with van der Waals surface area (Å²) in [6.07, 6.45) is 1.92. The van der Waals surface area contributed by atoms with Crippen LogP contribution in [0.4, 0.5) is 14.6 Å². The summed E-state index contributed by atoms with van der Waals surface area (Å²) in [7, 11) is 0. The van der Waals surface area contributed by atoms with Crippen molar-refractivity contribution in [2.75, 3.05) is 5.73 Å². The molecule has 1 aromatic carbocycles. The quantitative estimate of drug-likeness (QED) is 0.634. The summed E-state index contributed by atoms with van der Waals surface area (Å²) < 4.78 is 34.9. The summed E-state index contributed by atoms with van der Waals surface area (Å²) in [4.78, 5) is 22.3. The second-order valence-corrected chi connectivity index (χ2v) is 8.65. The molecule has 1 aliphatic heterocycles. The number of rotatable bonds is 5. The van der Waals surface area contributed by atoms with Crippen molar-refractivity contribution in [1.82, 2.24) is 14.9 Å². The van der Waals surface area contributed by atoms with Crippen LogP contribution in [0.2, 0.25) is 0 Å². The summed E-state index contributed by atoms with van der Waals surface area (Å²) in [6.45, 7) is 4.25. The van der Waals surface area contributed by atoms with Gasteiger partial charge in [0, 0.05) is 22.7 Å². The summed E-state index contributed by atoms with van der Waals surface area (Å²) in [5.74, 6) is -0.941. The van der Waals surface area contributed by atoms with Gasteiger partial charge < -0.3 is 20.4 Å². The summed E-state index contributed by atoms with van der Waals surface area (Å²) in [6, 6.07) is 4.16. The monoisotopic (exact) mass is 426 g/mol. The highest BCUT2D eigenvalue weighted by Gasteiger charge is 2.29. The standard InChI is InChI=1S/C23H24F2N4O2/c1-11(2)29(8-14-17(24)5-13(6-18(14)25)12-3-4-12)23(30)20-7-19-21(27-20)15-9-31-10-16(15)22(26)28-19/h5-7,11-12,27H,3-4,8-10H2,1-2H3,(H2,26,28). The number of H-pyrrole nitrogens is 1. The van der Waals surface area contributed by atoms with Gasteiger partial charge in [-0.3, -0.25) is 4.79 Å². The number of ether oxygens (including phenoxy) is 1. The van der Waals surface area contributed by atoms with Crippen LogP contribution in [0.3, 0.4) is 0 Å². The van der Waals surface area contributed by atoms with Crippen LogP contribution in [0.5, 0.6) is 0 Å². The second-order valence-electron chi connectivity index (χ2n) is 8.65. The Balaban J connectivity index is 1.48. The molecule has 0 saturated heterocycles. The number of carbonyl (C=O) groups is 1. The van der Waals surface area contributed by atoms with Crippen LogP contribution in [0.25, 0.3) is 11.0 Å². The molecule has 8 heteroatoms. The number of nitrogens with two attached hydrogens (primary N) is 1. The maximum Gasteiger partial charge on any atom is 0.270 e. The molecule has 31 heavy (non-hydrogen) atoms. The van der Waals surface area contributed by atoms with E-state index in [2.05, 4.69) is 9.97 Å². The largest absolute Gasteiger partial charge is 0.383 e. The summed E-state index contributed by atoms with van der Waals surface area (Å²) in [5.41, 5.74) is 9.91. The smallest absolute Gasteiger partial charge is 0.270 e. The number of anilines is 1. The Kier molecular flexibility index (Phi) is 4.69. The zero-order chi connectivity index (χ0) is 21.9. The van der Waals surface area contributed by atoms with Gasteiger partial charge in [-0.2, -0.15) is 0 Å². The Morgan fingerprint density at radius 3 is 2.55 bits per heavy atom. The number of hydrogen-bond acceptors (Lipinski definition) is 4. The number of benzene rings is 1. The maximum atomic E-state index is 14.7. The highest BCUT2D eigenvalue weighted by molar-refractivity contribution is 5.98. The lowest BCUT2D eigenvalue weighted by Gasteiger charge is -2.27. The molecule has 162 valence electrons. The Morgan fingerprint density at radius 2 is 1.90 bits per heavy atom. The number of fused-ring (bicyclic) bond motifs is 3. The van der Waals surface area contributed by atoms with Crippen molar-refractivity contribution in [3.63, 3.8) is 0 Å². The van der Waals surface area contributed by atoms with Crippen LogP contribution in [-0.4, -0.2) is 26.8 Å². The van der Waals surface area contributed by atoms with Crippen LogP contribution in [0.15, 0.2) is 18.2 Å². The minimum absolute atomic E-state index is 0.0979. The number of carbonyl (C=O) groups excluding carboxylic acids is 1. The van der Waals surface area contributed by atoms with E-state index >= 15 is 0 Å². The highest BCUT2D eigenvalue weighted by Crippen LogP contribution is 2.41. The molecule has 0 spiro atoms. The van der Waals surface area contributed by atoms with E-state index in [1.54, 1.807) is 6.07 Å². The molecule has 1 amide bonds. The molecule has 1 aliphatic carbocycles. The first-order valence-corrected chi connectivity index (χ1v) is 10.5. The van der Waals surface area contributed by atoms with Crippen molar-refractivity contribution in [3.8, 4) is 0 Å². The van der Waals surface area contributed by atoms with E-state index in [1.165, 1.54) is 17.0 Å². The molecule has 0 unspecified atom stereocenters. The molecule has 0 radical (unpaired) electrons. The van der Waals surface area contributed by atoms with E-state index in [-0.39, 0.29) is 30.0 Å². The Labute approximate surface area is 178 Å². The minimum atomic E-state index is -0.610. The third-order valence-corrected chi connectivity index (χ3v) is 6.16. The lowest BCUT2D eigenvalue weighted by atomic mass is 10.1. The average Bonchev–Trinajstić information content (AvgIpc) is 3.28. The molecular formula is C23H24F2N4O2. The third kappa shape index (κ3) is 3.44. The normalized spacial score (nSPS) is 15.6. The second kappa shape index (κ2) is 7.30. The van der Waals surface area contributed by atoms with E-state index in [4.69, 9.17) is 10.5 Å². The van der Waals surface area contributed by atoms with Gasteiger partial charge in [0.25, 0.3) is 5.91 Å². The Morgan fingerprint density at radius 1 is 1.23 bits per heavy atom. The van der Waals surface area contributed by atoms with Crippen molar-refractivity contribution >= 4 is 22.8 Å². The fourth-order valence-corrected chi connectivity index (χ4v) is 4.20. The minimum Gasteiger partial charge on any atom is -0.383 e. The number of halogens is 2. The molecule has 2 aliphatic rings. The van der Waals surface area contributed by atoms with Gasteiger partial charge in [0.05, 0.1) is 30.8 Å². The predicted octanol–water partition coefficient (Wildman–Crippen LogP) is 4.38. The molecule has 6 nitrogen and oxygen atoms in total. The lowest BCUT2D eigenvalue weighted by molar-refractivity contribution is 0.0681. The highest BCUT2D eigenvalue weighted by atomic mass is 19.1. The van der Waals surface area contributed by atoms with Crippen molar-refractivity contribution in [3.05, 3.63) is 57.8 Å². The average molecular weight is 426 g/mol. The predicted molar refractivity (Wildman–Crippen MR) is 112 cm³/mol. The van der Waals surface area contributed by atoms with Crippen LogP contribution in [-0.2, 0) is 24.5 Å². The molecule has 5 rings (SSSR count). The fourth-order valence-electron chi connectivity index (χ4n) is 4.20. The van der Waals surface area contributed by atoms with E-state index in [0.717, 1.165) is 24.0 Å². The molecule has 3 heterocycles. The number of nitrogens with zero attached hydrogens (tertiary/aromatic N) is 2. The van der Waals surface area contributed by atoms with Gasteiger partial charge in [0.2, 0.25) is 0 Å². The van der Waals surface area contributed by atoms with Crippen LogP contribution in [0.1, 0.15) is 65.3 Å². The van der Waals surface area contributed by atoms with Gasteiger partial charge in [-0.15, -0.1) is 0 Å². The van der Waals surface area contributed by atoms with Gasteiger partial charge >= 0.3 is 0 Å². The van der Waals surface area contributed by atoms with Gasteiger partial charge in [0.15, 0.2) is 0 Å². The topological polar surface area (TPSA) is 84.2 Å². The molecule has 1 saturated carbocycles. The Bertz CT molecular complexity index is 1180. The number of nitrogens with one attached hydrogen (secondary N) is 1. The van der Waals surface area contributed by atoms with Crippen molar-refractivity contribution < 1.29 is 18.3 Å². The first-order chi connectivity index (χ1) is 14.8. The molecular weight excluding hydrogens is 402 g/mol. The Hall–Kier alpha value is -3.00. The molecule has 3 N–H and O–H groups in total. The first kappa shape index (κ1) is 19.9. The van der Waals surface area contributed by atoms with Crippen LogP contribution in [0, 0.1) is 11.6 Å². The van der Waals surface area contributed by atoms with Gasteiger partial charge in [-0.1, -0.05) is 0 Å². The van der Waals surface area contributed by atoms with E-state index < -0.39 is 11.6 Å². The number of pyridine rings is 1. The van der Waals surface area contributed by atoms with Gasteiger partial charge in [0.1, 0.15) is 23.1 Å². The molecule has 2 aromatic heterocycles. The fraction of sp³-hybridized carbons (Fsp3) is 0.391. The van der Waals surface area contributed by atoms with Crippen LogP contribution >= 0.6 is 0 Å². The van der Waals surface area contributed by atoms with Gasteiger partial charge in [-0.05, 0) is 56.4 Å². The SMILES string of the molecule is CC(C)N(Cc1c(F)cc(C2CC2)cc1F)C(=O)c1cc2nc(N)c3c(c2[nH]1)COC3. The van der Waals surface area contributed by atoms with Gasteiger partial charge in [-0.25, -0.2) is 13.8 Å². The zero-order valence-corrected chi connectivity index (χ0v) is 17.5. The van der Waals surface area contributed by atoms with Crippen molar-refractivity contribution in [1.29, 1.82) is 0 Å². The van der Waals surface area contributed by atoms with E-state index in [0.29, 0.717) is 41.3 Å². The summed E-state index contributed by atoms with van der Waals surface area (Å²) in [5, 5.41) is 0. The maximum absolute atomic E-state index is 14.7. The molecule has 3 aromatic rings. The first-order valence-electron chi connectivity index (χ1n) is 10.5. The lowest BCUT2D eigenvalue weighted by Crippen LogP contribution is -2.37. The number of aromatic nitrogens is 2. The summed E-state index contributed by atoms with van der Waals surface area (Å²) >= 11 is 0. The number of nitrogen functional groups attached to an aromatic ring is 1. The number of hydrogen-bond donors (Lipinski definition) is 2. The third-order valence-electron chi connectivity index (χ3n) is 6.16. The number of amides is 1. The molecule has 0 atom stereocenters. The van der Waals surface area contributed by atoms with E-state index in [1.807, 2.05) is 13.8 Å². The van der Waals surface area contributed by atoms with Crippen LogP contribution < -0.4 is 5.73 Å². The molecule has 1 fully saturated rings. The van der Waals surface area contributed by atoms with E-state index in [9.17, 15) is 13.6 Å². The van der Waals surface area contributed by atoms with Crippen molar-refractivity contribution in [2.45, 2.75) is 58.4 Å². The number of aromatic amines is 1. The van der Waals surface area contributed by atoms with Crippen molar-refractivity contribution in [2.24, 2.45) is 0 Å². The zero-order valence-electron chi connectivity index (χ0n) is 17.5. The molecule has 0 bridgehead atoms.